The molecule has 0 radical (unpaired) electrons. The zero-order chi connectivity index (χ0) is 22.8. The molecule has 1 saturated heterocycles. The Balaban J connectivity index is 1.36. The maximum atomic E-state index is 14.3. The molecule has 3 heterocycles. The van der Waals surface area contributed by atoms with Gasteiger partial charge in [-0.3, -0.25) is 14.3 Å². The lowest BCUT2D eigenvalue weighted by atomic mass is 10.1. The van der Waals surface area contributed by atoms with Crippen LogP contribution in [-0.2, 0) is 11.8 Å². The smallest absolute Gasteiger partial charge is 0.255 e. The van der Waals surface area contributed by atoms with E-state index in [2.05, 4.69) is 39.6 Å². The fraction of sp³-hybridized carbons (Fsp3) is 0.400. The van der Waals surface area contributed by atoms with Gasteiger partial charge in [0.1, 0.15) is 6.10 Å². The van der Waals surface area contributed by atoms with Gasteiger partial charge in [-0.1, -0.05) is 25.0 Å². The van der Waals surface area contributed by atoms with E-state index < -0.39 is 5.82 Å². The summed E-state index contributed by atoms with van der Waals surface area (Å²) in [5.74, 6) is -0.00288. The topological polar surface area (TPSA) is 72.3 Å². The van der Waals surface area contributed by atoms with Gasteiger partial charge < -0.3 is 15.0 Å². The van der Waals surface area contributed by atoms with E-state index in [1.165, 1.54) is 48.6 Å². The molecule has 172 valence electrons. The summed E-state index contributed by atoms with van der Waals surface area (Å²) in [7, 11) is 1.69. The van der Waals surface area contributed by atoms with Crippen LogP contribution in [0.1, 0.15) is 37.4 Å². The number of aromatic nitrogens is 3. The number of hydrogen-bond donors (Lipinski definition) is 1. The number of benzene rings is 1. The number of rotatable bonds is 5. The lowest BCUT2D eigenvalue weighted by molar-refractivity contribution is 0.0390. The minimum atomic E-state index is -0.504. The number of ether oxygens (including phenoxy) is 1. The maximum absolute atomic E-state index is 14.3. The van der Waals surface area contributed by atoms with Crippen LogP contribution < -0.4 is 15.8 Å². The van der Waals surface area contributed by atoms with E-state index in [1.54, 1.807) is 7.05 Å². The van der Waals surface area contributed by atoms with Gasteiger partial charge in [0.05, 0.1) is 25.0 Å². The Hall–Kier alpha value is -3.26. The van der Waals surface area contributed by atoms with Crippen LogP contribution >= 0.6 is 0 Å². The van der Waals surface area contributed by atoms with Crippen molar-refractivity contribution in [1.82, 2.24) is 14.5 Å². The van der Waals surface area contributed by atoms with Crippen LogP contribution in [0.25, 0.3) is 11.3 Å². The molecule has 1 aliphatic carbocycles. The second-order valence-electron chi connectivity index (χ2n) is 8.75. The number of nitrogens with zero attached hydrogens (tertiary/aromatic N) is 4. The number of anilines is 2. The second-order valence-corrected chi connectivity index (χ2v) is 8.75. The average molecular weight is 450 g/mol. The van der Waals surface area contributed by atoms with Crippen LogP contribution in [-0.4, -0.2) is 40.3 Å². The molecule has 1 aliphatic heterocycles. The van der Waals surface area contributed by atoms with E-state index >= 15 is 0 Å². The second kappa shape index (κ2) is 9.31. The first-order valence-corrected chi connectivity index (χ1v) is 11.5. The highest BCUT2D eigenvalue weighted by Crippen LogP contribution is 2.28. The van der Waals surface area contributed by atoms with Crippen molar-refractivity contribution < 1.29 is 9.13 Å². The molecule has 0 unspecified atom stereocenters. The van der Waals surface area contributed by atoms with E-state index in [1.807, 2.05) is 4.90 Å². The van der Waals surface area contributed by atoms with E-state index in [-0.39, 0.29) is 17.2 Å². The molecule has 0 spiro atoms. The largest absolute Gasteiger partial charge is 0.382 e. The number of hydrogen-bond acceptors (Lipinski definition) is 6. The van der Waals surface area contributed by atoms with Crippen molar-refractivity contribution in [3.05, 3.63) is 70.5 Å². The summed E-state index contributed by atoms with van der Waals surface area (Å²) in [4.78, 5) is 23.1. The van der Waals surface area contributed by atoms with Gasteiger partial charge >= 0.3 is 0 Å². The molecule has 7 nitrogen and oxygen atoms in total. The third kappa shape index (κ3) is 4.61. The SMILES string of the molecule is Cn1c(N2CCO[C@@H](c3ccc(NC4CCCC4)cc3)C2)nc(-c2ccncc2F)cc1=O. The van der Waals surface area contributed by atoms with Crippen LogP contribution in [0.2, 0.25) is 0 Å². The predicted molar refractivity (Wildman–Crippen MR) is 126 cm³/mol. The third-order valence-corrected chi connectivity index (χ3v) is 6.52. The van der Waals surface area contributed by atoms with Crippen LogP contribution in [0.4, 0.5) is 16.0 Å². The van der Waals surface area contributed by atoms with Crippen LogP contribution in [0, 0.1) is 5.82 Å². The monoisotopic (exact) mass is 449 g/mol. The van der Waals surface area contributed by atoms with Crippen LogP contribution in [0.15, 0.2) is 53.6 Å². The summed E-state index contributed by atoms with van der Waals surface area (Å²) >= 11 is 0. The summed E-state index contributed by atoms with van der Waals surface area (Å²) in [6.07, 6.45) is 7.54. The van der Waals surface area contributed by atoms with Gasteiger partial charge in [-0.15, -0.1) is 0 Å². The standard InChI is InChI=1S/C25H28FN5O2/c1-30-24(32)14-22(20-10-11-27-15-21(20)26)29-25(30)31-12-13-33-23(16-31)17-6-8-19(9-7-17)28-18-4-2-3-5-18/h6-11,14-15,18,23,28H,2-5,12-13,16H2,1H3/t23-/m1/s1. The van der Waals surface area contributed by atoms with Crippen LogP contribution in [0.5, 0.6) is 0 Å². The Morgan fingerprint density at radius 2 is 1.94 bits per heavy atom. The molecule has 5 rings (SSSR count). The predicted octanol–water partition coefficient (Wildman–Crippen LogP) is 3.91. The molecule has 2 aliphatic rings. The summed E-state index contributed by atoms with van der Waals surface area (Å²) < 4.78 is 21.8. The Bertz CT molecular complexity index is 1170. The van der Waals surface area contributed by atoms with Crippen molar-refractivity contribution in [1.29, 1.82) is 0 Å². The highest BCUT2D eigenvalue weighted by Gasteiger charge is 2.25. The lowest BCUT2D eigenvalue weighted by Crippen LogP contribution is -2.41. The molecule has 8 heteroatoms. The fourth-order valence-corrected chi connectivity index (χ4v) is 4.66. The highest BCUT2D eigenvalue weighted by molar-refractivity contribution is 5.60. The van der Waals surface area contributed by atoms with Crippen molar-refractivity contribution in [2.45, 2.75) is 37.8 Å². The molecule has 0 bridgehead atoms. The van der Waals surface area contributed by atoms with E-state index in [9.17, 15) is 9.18 Å². The van der Waals surface area contributed by atoms with E-state index in [0.717, 1.165) is 17.4 Å². The minimum Gasteiger partial charge on any atom is -0.382 e. The quantitative estimate of drug-likeness (QED) is 0.637. The Morgan fingerprint density at radius 1 is 1.15 bits per heavy atom. The fourth-order valence-electron chi connectivity index (χ4n) is 4.66. The van der Waals surface area contributed by atoms with Crippen molar-refractivity contribution in [3.8, 4) is 11.3 Å². The van der Waals surface area contributed by atoms with Gasteiger partial charge in [-0.2, -0.15) is 0 Å². The van der Waals surface area contributed by atoms with Crippen molar-refractivity contribution in [2.24, 2.45) is 7.05 Å². The number of halogens is 1. The van der Waals surface area contributed by atoms with Gasteiger partial charge in [-0.25, -0.2) is 9.37 Å². The summed E-state index contributed by atoms with van der Waals surface area (Å²) in [6, 6.07) is 11.9. The van der Waals surface area contributed by atoms with Crippen molar-refractivity contribution in [2.75, 3.05) is 29.9 Å². The molecule has 3 aromatic rings. The number of morpholine rings is 1. The number of pyridine rings is 1. The summed E-state index contributed by atoms with van der Waals surface area (Å²) in [5, 5.41) is 3.61. The van der Waals surface area contributed by atoms with Crippen LogP contribution in [0.3, 0.4) is 0 Å². The normalized spacial score (nSPS) is 19.1. The zero-order valence-corrected chi connectivity index (χ0v) is 18.7. The molecular weight excluding hydrogens is 421 g/mol. The minimum absolute atomic E-state index is 0.141. The average Bonchev–Trinajstić information content (AvgIpc) is 3.35. The lowest BCUT2D eigenvalue weighted by Gasteiger charge is -2.34. The van der Waals surface area contributed by atoms with Crippen molar-refractivity contribution >= 4 is 11.6 Å². The zero-order valence-electron chi connectivity index (χ0n) is 18.7. The van der Waals surface area contributed by atoms with E-state index in [0.29, 0.717) is 37.4 Å². The van der Waals surface area contributed by atoms with Gasteiger partial charge in [-0.05, 0) is 36.6 Å². The molecule has 0 amide bonds. The van der Waals surface area contributed by atoms with E-state index in [4.69, 9.17) is 4.74 Å². The first-order valence-electron chi connectivity index (χ1n) is 11.5. The third-order valence-electron chi connectivity index (χ3n) is 6.52. The van der Waals surface area contributed by atoms with Crippen molar-refractivity contribution in [3.63, 3.8) is 0 Å². The summed E-state index contributed by atoms with van der Waals surface area (Å²) in [5.41, 5.74) is 2.54. The molecular formula is C25H28FN5O2. The highest BCUT2D eigenvalue weighted by atomic mass is 19.1. The Morgan fingerprint density at radius 3 is 2.70 bits per heavy atom. The first-order chi connectivity index (χ1) is 16.1. The summed E-state index contributed by atoms with van der Waals surface area (Å²) in [6.45, 7) is 1.66. The maximum Gasteiger partial charge on any atom is 0.255 e. The molecule has 1 aromatic carbocycles. The molecule has 2 fully saturated rings. The van der Waals surface area contributed by atoms with Gasteiger partial charge in [0.25, 0.3) is 5.56 Å². The van der Waals surface area contributed by atoms with Gasteiger partial charge in [0, 0.05) is 43.1 Å². The first kappa shape index (κ1) is 21.6. The number of nitrogens with one attached hydrogen (secondary N) is 1. The van der Waals surface area contributed by atoms with Gasteiger partial charge in [0.15, 0.2) is 5.82 Å². The Kier molecular flexibility index (Phi) is 6.09. The van der Waals surface area contributed by atoms with Gasteiger partial charge in [0.2, 0.25) is 5.95 Å². The molecule has 2 aromatic heterocycles. The molecule has 1 saturated carbocycles. The molecule has 33 heavy (non-hydrogen) atoms. The Labute approximate surface area is 192 Å². The molecule has 1 N–H and O–H groups in total. The molecule has 1 atom stereocenters.